The second-order valence-electron chi connectivity index (χ2n) is 5.77. The van der Waals surface area contributed by atoms with Crippen molar-refractivity contribution in [2.75, 3.05) is 6.54 Å². The van der Waals surface area contributed by atoms with Gasteiger partial charge >= 0.3 is 5.97 Å². The maximum atomic E-state index is 11.9. The first kappa shape index (κ1) is 17.7. The number of hydrogen-bond acceptors (Lipinski definition) is 5. The van der Waals surface area contributed by atoms with Crippen molar-refractivity contribution in [3.8, 4) is 0 Å². The average Bonchev–Trinajstić information content (AvgIpc) is 2.94. The van der Waals surface area contributed by atoms with Gasteiger partial charge in [-0.25, -0.2) is 0 Å². The molecule has 0 aliphatic carbocycles. The van der Waals surface area contributed by atoms with E-state index in [4.69, 9.17) is 4.52 Å². The number of carboxylic acid groups (broad SMARTS) is 1. The summed E-state index contributed by atoms with van der Waals surface area (Å²) < 4.78 is 4.93. The van der Waals surface area contributed by atoms with Crippen LogP contribution in [0.1, 0.15) is 29.3 Å². The number of hydrogen-bond donors (Lipinski definition) is 2. The number of aromatic nitrogens is 2. The number of aryl methyl sites for hydroxylation is 3. The van der Waals surface area contributed by atoms with Gasteiger partial charge in [-0.2, -0.15) is 4.98 Å². The van der Waals surface area contributed by atoms with Crippen molar-refractivity contribution in [2.45, 2.75) is 33.1 Å². The molecule has 0 radical (unpaired) electrons. The van der Waals surface area contributed by atoms with Crippen LogP contribution in [-0.4, -0.2) is 33.7 Å². The van der Waals surface area contributed by atoms with E-state index in [0.717, 1.165) is 11.1 Å². The molecule has 0 saturated heterocycles. The molecule has 1 aromatic carbocycles. The lowest BCUT2D eigenvalue weighted by Gasteiger charge is -2.13. The molecule has 1 unspecified atom stereocenters. The van der Waals surface area contributed by atoms with Gasteiger partial charge in [-0.15, -0.1) is 0 Å². The first-order valence-electron chi connectivity index (χ1n) is 7.78. The Morgan fingerprint density at radius 1 is 1.33 bits per heavy atom. The van der Waals surface area contributed by atoms with E-state index in [1.54, 1.807) is 6.92 Å². The monoisotopic (exact) mass is 331 g/mol. The lowest BCUT2D eigenvalue weighted by atomic mass is 9.98. The number of nitrogens with zero attached hydrogens (tertiary/aromatic N) is 2. The molecule has 0 aliphatic heterocycles. The van der Waals surface area contributed by atoms with E-state index >= 15 is 0 Å². The molecule has 128 valence electrons. The van der Waals surface area contributed by atoms with Crippen LogP contribution in [0.4, 0.5) is 0 Å². The SMILES string of the molecule is Cc1cccc(CC(CNC(=O)CCc2nc(C)no2)C(=O)O)c1. The molecule has 7 nitrogen and oxygen atoms in total. The van der Waals surface area contributed by atoms with E-state index in [9.17, 15) is 14.7 Å². The predicted octanol–water partition coefficient (Wildman–Crippen LogP) is 1.68. The molecule has 0 aliphatic rings. The van der Waals surface area contributed by atoms with E-state index in [-0.39, 0.29) is 18.9 Å². The number of amides is 1. The van der Waals surface area contributed by atoms with Gasteiger partial charge in [-0.05, 0) is 25.8 Å². The van der Waals surface area contributed by atoms with Crippen molar-refractivity contribution in [1.82, 2.24) is 15.5 Å². The van der Waals surface area contributed by atoms with Crippen molar-refractivity contribution in [1.29, 1.82) is 0 Å². The quantitative estimate of drug-likeness (QED) is 0.762. The van der Waals surface area contributed by atoms with Crippen LogP contribution in [0, 0.1) is 19.8 Å². The van der Waals surface area contributed by atoms with Crippen LogP contribution in [0.15, 0.2) is 28.8 Å². The first-order chi connectivity index (χ1) is 11.4. The van der Waals surface area contributed by atoms with Gasteiger partial charge in [0.05, 0.1) is 5.92 Å². The highest BCUT2D eigenvalue weighted by Crippen LogP contribution is 2.11. The Labute approximate surface area is 140 Å². The zero-order valence-corrected chi connectivity index (χ0v) is 13.8. The number of carbonyl (C=O) groups is 2. The number of rotatable bonds is 8. The Hall–Kier alpha value is -2.70. The summed E-state index contributed by atoms with van der Waals surface area (Å²) in [5, 5.41) is 15.7. The van der Waals surface area contributed by atoms with Gasteiger partial charge < -0.3 is 14.9 Å². The zero-order valence-electron chi connectivity index (χ0n) is 13.8. The Kier molecular flexibility index (Phi) is 6.06. The number of carboxylic acids is 1. The summed E-state index contributed by atoms with van der Waals surface area (Å²) >= 11 is 0. The van der Waals surface area contributed by atoms with Gasteiger partial charge in [0, 0.05) is 19.4 Å². The van der Waals surface area contributed by atoms with E-state index < -0.39 is 11.9 Å². The van der Waals surface area contributed by atoms with Crippen LogP contribution in [0.3, 0.4) is 0 Å². The molecule has 2 N–H and O–H groups in total. The fourth-order valence-corrected chi connectivity index (χ4v) is 2.36. The van der Waals surface area contributed by atoms with Gasteiger partial charge in [-0.3, -0.25) is 9.59 Å². The molecule has 24 heavy (non-hydrogen) atoms. The minimum Gasteiger partial charge on any atom is -0.481 e. The van der Waals surface area contributed by atoms with Gasteiger partial charge in [0.1, 0.15) is 0 Å². The normalized spacial score (nSPS) is 11.9. The number of aliphatic carboxylic acids is 1. The van der Waals surface area contributed by atoms with Crippen molar-refractivity contribution in [3.63, 3.8) is 0 Å². The third-order valence-corrected chi connectivity index (χ3v) is 3.60. The summed E-state index contributed by atoms with van der Waals surface area (Å²) in [6.45, 7) is 3.75. The van der Waals surface area contributed by atoms with Gasteiger partial charge in [0.2, 0.25) is 11.8 Å². The topological polar surface area (TPSA) is 105 Å². The van der Waals surface area contributed by atoms with Crippen LogP contribution >= 0.6 is 0 Å². The highest BCUT2D eigenvalue weighted by molar-refractivity contribution is 5.77. The van der Waals surface area contributed by atoms with Crippen molar-refractivity contribution in [3.05, 3.63) is 47.1 Å². The maximum absolute atomic E-state index is 11.9. The van der Waals surface area contributed by atoms with Gasteiger partial charge in [0.25, 0.3) is 0 Å². The number of carbonyl (C=O) groups excluding carboxylic acids is 1. The predicted molar refractivity (Wildman–Crippen MR) is 86.4 cm³/mol. The molecule has 1 heterocycles. The lowest BCUT2D eigenvalue weighted by Crippen LogP contribution is -2.34. The van der Waals surface area contributed by atoms with E-state index in [0.29, 0.717) is 24.6 Å². The molecule has 0 spiro atoms. The van der Waals surface area contributed by atoms with Crippen LogP contribution in [0.2, 0.25) is 0 Å². The Balaban J connectivity index is 1.82. The highest BCUT2D eigenvalue weighted by Gasteiger charge is 2.19. The van der Waals surface area contributed by atoms with Crippen LogP contribution in [0.5, 0.6) is 0 Å². The zero-order chi connectivity index (χ0) is 17.5. The van der Waals surface area contributed by atoms with Crippen molar-refractivity contribution >= 4 is 11.9 Å². The first-order valence-corrected chi connectivity index (χ1v) is 7.78. The smallest absolute Gasteiger partial charge is 0.308 e. The Morgan fingerprint density at radius 2 is 2.12 bits per heavy atom. The second kappa shape index (κ2) is 8.24. The average molecular weight is 331 g/mol. The molecule has 2 aromatic rings. The van der Waals surface area contributed by atoms with Gasteiger partial charge in [0.15, 0.2) is 5.82 Å². The number of nitrogens with one attached hydrogen (secondary N) is 1. The second-order valence-corrected chi connectivity index (χ2v) is 5.77. The molecule has 7 heteroatoms. The van der Waals surface area contributed by atoms with Crippen molar-refractivity contribution < 1.29 is 19.2 Å². The fraction of sp³-hybridized carbons (Fsp3) is 0.412. The Bertz CT molecular complexity index is 711. The Morgan fingerprint density at radius 3 is 2.75 bits per heavy atom. The lowest BCUT2D eigenvalue weighted by molar-refractivity contribution is -0.141. The molecule has 2 rings (SSSR count). The standard InChI is InChI=1S/C17H21N3O4/c1-11-4-3-5-13(8-11)9-14(17(22)23)10-18-15(21)6-7-16-19-12(2)20-24-16/h3-5,8,14H,6-7,9-10H2,1-2H3,(H,18,21)(H,22,23). The minimum absolute atomic E-state index is 0.0883. The van der Waals surface area contributed by atoms with Crippen LogP contribution in [0.25, 0.3) is 0 Å². The number of benzene rings is 1. The fourth-order valence-electron chi connectivity index (χ4n) is 2.36. The molecular formula is C17H21N3O4. The minimum atomic E-state index is -0.927. The largest absolute Gasteiger partial charge is 0.481 e. The summed E-state index contributed by atoms with van der Waals surface area (Å²) in [4.78, 5) is 27.3. The molecule has 1 atom stereocenters. The molecular weight excluding hydrogens is 310 g/mol. The van der Waals surface area contributed by atoms with E-state index in [1.807, 2.05) is 31.2 Å². The van der Waals surface area contributed by atoms with Gasteiger partial charge in [-0.1, -0.05) is 35.0 Å². The van der Waals surface area contributed by atoms with E-state index in [1.165, 1.54) is 0 Å². The summed E-state index contributed by atoms with van der Waals surface area (Å²) in [5.74, 6) is -0.904. The third kappa shape index (κ3) is 5.49. The maximum Gasteiger partial charge on any atom is 0.308 e. The molecule has 0 bridgehead atoms. The summed E-state index contributed by atoms with van der Waals surface area (Å²) in [6, 6.07) is 7.70. The summed E-state index contributed by atoms with van der Waals surface area (Å²) in [6.07, 6.45) is 0.890. The summed E-state index contributed by atoms with van der Waals surface area (Å²) in [7, 11) is 0. The molecule has 1 amide bonds. The molecule has 0 fully saturated rings. The summed E-state index contributed by atoms with van der Waals surface area (Å²) in [5.41, 5.74) is 2.02. The van der Waals surface area contributed by atoms with Crippen molar-refractivity contribution in [2.24, 2.45) is 5.92 Å². The highest BCUT2D eigenvalue weighted by atomic mass is 16.5. The third-order valence-electron chi connectivity index (χ3n) is 3.60. The molecule has 1 aromatic heterocycles. The van der Waals surface area contributed by atoms with Crippen LogP contribution in [-0.2, 0) is 22.4 Å². The molecule has 0 saturated carbocycles. The van der Waals surface area contributed by atoms with Crippen LogP contribution < -0.4 is 5.32 Å². The van der Waals surface area contributed by atoms with E-state index in [2.05, 4.69) is 15.5 Å².